The third kappa shape index (κ3) is 3.03. The minimum Gasteiger partial charge on any atom is -0.355 e. The fourth-order valence-corrected chi connectivity index (χ4v) is 3.68. The molecule has 0 radical (unpaired) electrons. The molecule has 0 amide bonds. The summed E-state index contributed by atoms with van der Waals surface area (Å²) in [6, 6.07) is 0.640. The average Bonchev–Trinajstić information content (AvgIpc) is 3.11. The summed E-state index contributed by atoms with van der Waals surface area (Å²) in [5.74, 6) is 1.03. The van der Waals surface area contributed by atoms with Crippen LogP contribution in [-0.4, -0.2) is 21.1 Å². The van der Waals surface area contributed by atoms with Crippen molar-refractivity contribution in [3.05, 3.63) is 28.0 Å². The molecule has 0 bridgehead atoms. The standard InChI is InChI=1S/C15H22N4S/c1-11-9-19(13-5-3-4-6-13)15(18-11)16-8-7-14-17-12(2)10-20-14/h9-10,13H,3-8H2,1-2H3,(H,16,18). The highest BCUT2D eigenvalue weighted by Crippen LogP contribution is 2.32. The van der Waals surface area contributed by atoms with Crippen molar-refractivity contribution in [3.8, 4) is 0 Å². The van der Waals surface area contributed by atoms with Gasteiger partial charge in [0.2, 0.25) is 5.95 Å². The molecule has 0 unspecified atom stereocenters. The molecule has 1 N–H and O–H groups in total. The molecule has 0 aromatic carbocycles. The van der Waals surface area contributed by atoms with Gasteiger partial charge in [-0.2, -0.15) is 0 Å². The van der Waals surface area contributed by atoms with Gasteiger partial charge in [0.05, 0.1) is 10.7 Å². The monoisotopic (exact) mass is 290 g/mol. The molecule has 1 aliphatic rings. The molecule has 1 fully saturated rings. The number of anilines is 1. The van der Waals surface area contributed by atoms with Gasteiger partial charge in [0, 0.05) is 36.3 Å². The Balaban J connectivity index is 1.62. The lowest BCUT2D eigenvalue weighted by atomic mass is 10.2. The summed E-state index contributed by atoms with van der Waals surface area (Å²) >= 11 is 1.74. The smallest absolute Gasteiger partial charge is 0.203 e. The van der Waals surface area contributed by atoms with Crippen molar-refractivity contribution in [3.63, 3.8) is 0 Å². The topological polar surface area (TPSA) is 42.7 Å². The van der Waals surface area contributed by atoms with Crippen LogP contribution in [0, 0.1) is 13.8 Å². The Kier molecular flexibility index (Phi) is 4.05. The van der Waals surface area contributed by atoms with Crippen LogP contribution in [-0.2, 0) is 6.42 Å². The number of nitrogens with one attached hydrogen (secondary N) is 1. The summed E-state index contributed by atoms with van der Waals surface area (Å²) in [7, 11) is 0. The van der Waals surface area contributed by atoms with Crippen LogP contribution in [0.3, 0.4) is 0 Å². The highest BCUT2D eigenvalue weighted by molar-refractivity contribution is 7.09. The highest BCUT2D eigenvalue weighted by Gasteiger charge is 2.19. The molecule has 0 saturated heterocycles. The van der Waals surface area contributed by atoms with Crippen LogP contribution < -0.4 is 5.32 Å². The van der Waals surface area contributed by atoms with Crippen LogP contribution in [0.2, 0.25) is 0 Å². The molecular weight excluding hydrogens is 268 g/mol. The molecule has 0 aliphatic heterocycles. The van der Waals surface area contributed by atoms with Gasteiger partial charge in [-0.15, -0.1) is 11.3 Å². The molecule has 2 aromatic rings. The molecule has 1 saturated carbocycles. The molecule has 0 atom stereocenters. The van der Waals surface area contributed by atoms with Crippen molar-refractivity contribution < 1.29 is 0 Å². The van der Waals surface area contributed by atoms with E-state index in [1.54, 1.807) is 11.3 Å². The molecule has 20 heavy (non-hydrogen) atoms. The summed E-state index contributed by atoms with van der Waals surface area (Å²) in [4.78, 5) is 9.12. The fourth-order valence-electron chi connectivity index (χ4n) is 2.91. The van der Waals surface area contributed by atoms with Crippen molar-refractivity contribution in [1.29, 1.82) is 0 Å². The van der Waals surface area contributed by atoms with Gasteiger partial charge >= 0.3 is 0 Å². The molecule has 108 valence electrons. The molecule has 5 heteroatoms. The van der Waals surface area contributed by atoms with Gasteiger partial charge in [-0.1, -0.05) is 12.8 Å². The van der Waals surface area contributed by atoms with Gasteiger partial charge in [-0.05, 0) is 26.7 Å². The first kappa shape index (κ1) is 13.6. The van der Waals surface area contributed by atoms with Crippen molar-refractivity contribution in [2.75, 3.05) is 11.9 Å². The van der Waals surface area contributed by atoms with Crippen LogP contribution in [0.4, 0.5) is 5.95 Å². The second-order valence-corrected chi connectivity index (χ2v) is 6.55. The van der Waals surface area contributed by atoms with E-state index < -0.39 is 0 Å². The first-order chi connectivity index (χ1) is 9.72. The molecule has 3 rings (SSSR count). The van der Waals surface area contributed by atoms with Crippen LogP contribution in [0.5, 0.6) is 0 Å². The van der Waals surface area contributed by atoms with E-state index in [4.69, 9.17) is 0 Å². The van der Waals surface area contributed by atoms with Gasteiger partial charge < -0.3 is 9.88 Å². The van der Waals surface area contributed by atoms with Gasteiger partial charge in [-0.3, -0.25) is 0 Å². The normalized spacial score (nSPS) is 15.9. The van der Waals surface area contributed by atoms with E-state index in [1.165, 1.54) is 30.7 Å². The lowest BCUT2D eigenvalue weighted by Crippen LogP contribution is -2.13. The fraction of sp³-hybridized carbons (Fsp3) is 0.600. The number of aromatic nitrogens is 3. The number of thiazole rings is 1. The van der Waals surface area contributed by atoms with Crippen LogP contribution in [0.15, 0.2) is 11.6 Å². The Morgan fingerprint density at radius 1 is 1.25 bits per heavy atom. The Hall–Kier alpha value is -1.36. The first-order valence-corrected chi connectivity index (χ1v) is 8.30. The quantitative estimate of drug-likeness (QED) is 0.912. The maximum atomic E-state index is 4.63. The van der Waals surface area contributed by atoms with E-state index in [0.29, 0.717) is 6.04 Å². The molecular formula is C15H22N4S. The molecule has 4 nitrogen and oxygen atoms in total. The van der Waals surface area contributed by atoms with Gasteiger partial charge in [0.15, 0.2) is 0 Å². The molecule has 2 heterocycles. The zero-order valence-electron chi connectivity index (χ0n) is 12.2. The molecule has 1 aliphatic carbocycles. The Morgan fingerprint density at radius 2 is 2.05 bits per heavy atom. The van der Waals surface area contributed by atoms with Gasteiger partial charge in [0.25, 0.3) is 0 Å². The van der Waals surface area contributed by atoms with Gasteiger partial charge in [0.1, 0.15) is 0 Å². The number of rotatable bonds is 5. The summed E-state index contributed by atoms with van der Waals surface area (Å²) in [6.45, 7) is 5.01. The number of hydrogen-bond donors (Lipinski definition) is 1. The average molecular weight is 290 g/mol. The second-order valence-electron chi connectivity index (χ2n) is 5.61. The molecule has 2 aromatic heterocycles. The number of imidazole rings is 1. The Labute approximate surface area is 124 Å². The SMILES string of the molecule is Cc1csc(CCNc2nc(C)cn2C2CCCC2)n1. The lowest BCUT2D eigenvalue weighted by molar-refractivity contribution is 0.522. The second kappa shape index (κ2) is 5.95. The minimum absolute atomic E-state index is 0.640. The number of aryl methyl sites for hydroxylation is 2. The first-order valence-electron chi connectivity index (χ1n) is 7.43. The zero-order valence-corrected chi connectivity index (χ0v) is 13.0. The highest BCUT2D eigenvalue weighted by atomic mass is 32.1. The summed E-state index contributed by atoms with van der Waals surface area (Å²) < 4.78 is 2.34. The van der Waals surface area contributed by atoms with Crippen molar-refractivity contribution in [2.24, 2.45) is 0 Å². The predicted octanol–water partition coefficient (Wildman–Crippen LogP) is 3.73. The van der Waals surface area contributed by atoms with E-state index in [0.717, 1.165) is 30.3 Å². The maximum absolute atomic E-state index is 4.63. The minimum atomic E-state index is 0.640. The van der Waals surface area contributed by atoms with Crippen LogP contribution >= 0.6 is 11.3 Å². The third-order valence-corrected chi connectivity index (χ3v) is 4.89. The van der Waals surface area contributed by atoms with Crippen LogP contribution in [0.1, 0.15) is 48.1 Å². The van der Waals surface area contributed by atoms with E-state index in [9.17, 15) is 0 Å². The summed E-state index contributed by atoms with van der Waals surface area (Å²) in [6.07, 6.45) is 8.42. The summed E-state index contributed by atoms with van der Waals surface area (Å²) in [5.41, 5.74) is 2.22. The van der Waals surface area contributed by atoms with E-state index in [-0.39, 0.29) is 0 Å². The predicted molar refractivity (Wildman–Crippen MR) is 83.5 cm³/mol. The zero-order chi connectivity index (χ0) is 13.9. The van der Waals surface area contributed by atoms with Crippen molar-refractivity contribution in [2.45, 2.75) is 52.0 Å². The van der Waals surface area contributed by atoms with E-state index in [1.807, 2.05) is 6.92 Å². The third-order valence-electron chi connectivity index (χ3n) is 3.86. The maximum Gasteiger partial charge on any atom is 0.203 e. The Morgan fingerprint density at radius 3 is 2.75 bits per heavy atom. The molecule has 0 spiro atoms. The number of nitrogens with zero attached hydrogens (tertiary/aromatic N) is 3. The van der Waals surface area contributed by atoms with Crippen molar-refractivity contribution in [1.82, 2.24) is 14.5 Å². The number of hydrogen-bond acceptors (Lipinski definition) is 4. The van der Waals surface area contributed by atoms with Gasteiger partial charge in [-0.25, -0.2) is 9.97 Å². The lowest BCUT2D eigenvalue weighted by Gasteiger charge is -2.15. The van der Waals surface area contributed by atoms with Crippen LogP contribution in [0.25, 0.3) is 0 Å². The van der Waals surface area contributed by atoms with E-state index >= 15 is 0 Å². The van der Waals surface area contributed by atoms with E-state index in [2.05, 4.69) is 38.4 Å². The van der Waals surface area contributed by atoms with Crippen molar-refractivity contribution >= 4 is 17.3 Å². The summed E-state index contributed by atoms with van der Waals surface area (Å²) in [5, 5.41) is 6.80. The Bertz CT molecular complexity index is 566. The largest absolute Gasteiger partial charge is 0.355 e.